The van der Waals surface area contributed by atoms with Gasteiger partial charge in [-0.1, -0.05) is 37.7 Å². The van der Waals surface area contributed by atoms with Crippen LogP contribution in [-0.4, -0.2) is 27.3 Å². The zero-order chi connectivity index (χ0) is 10.2. The molecule has 0 aromatic carbocycles. The molecule has 0 saturated carbocycles. The van der Waals surface area contributed by atoms with Gasteiger partial charge in [0.2, 0.25) is 5.95 Å². The number of aromatic nitrogens is 4. The summed E-state index contributed by atoms with van der Waals surface area (Å²) in [6.07, 6.45) is 6.34. The summed E-state index contributed by atoms with van der Waals surface area (Å²) in [5.41, 5.74) is 0. The topological polar surface area (TPSA) is 55.6 Å². The van der Waals surface area contributed by atoms with Crippen molar-refractivity contribution in [2.24, 2.45) is 0 Å². The molecule has 0 saturated heterocycles. The van der Waals surface area contributed by atoms with Gasteiger partial charge in [0.05, 0.1) is 0 Å². The fraction of sp³-hybridized carbons (Fsp3) is 0.889. The number of hydrogen-bond donors (Lipinski definition) is 1. The van der Waals surface area contributed by atoms with E-state index in [2.05, 4.69) is 27.8 Å². The van der Waals surface area contributed by atoms with Crippen LogP contribution in [0.3, 0.4) is 0 Å². The van der Waals surface area contributed by atoms with E-state index in [0.717, 1.165) is 18.9 Å². The first-order chi connectivity index (χ1) is 6.88. The number of rotatable bonds is 7. The molecule has 0 atom stereocenters. The highest BCUT2D eigenvalue weighted by Crippen LogP contribution is 2.05. The molecule has 0 bridgehead atoms. The minimum Gasteiger partial charge on any atom is -0.356 e. The van der Waals surface area contributed by atoms with Crippen LogP contribution in [0.4, 0.5) is 5.95 Å². The lowest BCUT2D eigenvalue weighted by Crippen LogP contribution is -2.05. The normalized spacial score (nSPS) is 9.73. The van der Waals surface area contributed by atoms with E-state index in [4.69, 9.17) is 0 Å². The molecule has 15 heavy (non-hydrogen) atoms. The summed E-state index contributed by atoms with van der Waals surface area (Å²) >= 11 is 0. The van der Waals surface area contributed by atoms with E-state index < -0.39 is 0 Å². The van der Waals surface area contributed by atoms with Crippen LogP contribution < -0.4 is 5.32 Å². The minimum atomic E-state index is 0. The van der Waals surface area contributed by atoms with Crippen molar-refractivity contribution in [1.29, 1.82) is 0 Å². The molecule has 1 aromatic rings. The van der Waals surface area contributed by atoms with Crippen molar-refractivity contribution in [3.05, 3.63) is 0 Å². The second-order valence-corrected chi connectivity index (χ2v) is 3.39. The fourth-order valence-corrected chi connectivity index (χ4v) is 1.40. The summed E-state index contributed by atoms with van der Waals surface area (Å²) < 4.78 is 1.81. The van der Waals surface area contributed by atoms with Gasteiger partial charge in [0.25, 0.3) is 0 Å². The zero-order valence-electron chi connectivity index (χ0n) is 9.44. The van der Waals surface area contributed by atoms with Gasteiger partial charge in [-0.3, -0.25) is 0 Å². The Bertz CT molecular complexity index is 250. The summed E-state index contributed by atoms with van der Waals surface area (Å²) in [5.74, 6) is 0.750. The maximum atomic E-state index is 3.90. The fourth-order valence-electron chi connectivity index (χ4n) is 1.40. The van der Waals surface area contributed by atoms with E-state index in [1.165, 1.54) is 25.7 Å². The van der Waals surface area contributed by atoms with Crippen molar-refractivity contribution in [3.63, 3.8) is 0 Å². The van der Waals surface area contributed by atoms with Crippen LogP contribution in [-0.2, 0) is 6.54 Å². The Morgan fingerprint density at radius 3 is 2.60 bits per heavy atom. The van der Waals surface area contributed by atoms with E-state index in [9.17, 15) is 0 Å². The van der Waals surface area contributed by atoms with Gasteiger partial charge < -0.3 is 5.32 Å². The average molecular weight is 234 g/mol. The molecule has 88 valence electrons. The van der Waals surface area contributed by atoms with E-state index in [0.29, 0.717) is 0 Å². The summed E-state index contributed by atoms with van der Waals surface area (Å²) in [4.78, 5) is 0. The van der Waals surface area contributed by atoms with Gasteiger partial charge in [-0.05, 0) is 16.8 Å². The molecule has 0 spiro atoms. The van der Waals surface area contributed by atoms with Gasteiger partial charge in [0.1, 0.15) is 0 Å². The number of hydrogen-bond acceptors (Lipinski definition) is 4. The highest BCUT2D eigenvalue weighted by molar-refractivity contribution is 5.85. The first kappa shape index (κ1) is 14.2. The number of anilines is 1. The quantitative estimate of drug-likeness (QED) is 0.733. The predicted octanol–water partition coefficient (Wildman–Crippen LogP) is 2.11. The third kappa shape index (κ3) is 4.97. The standard InChI is InChI=1S/C9H19N5.ClH/c1-3-4-5-6-7-8-14-9(10-2)11-12-13-14;/h3-8H2,1-2H3,(H,10,11,13);1H. The molecule has 6 heteroatoms. The van der Waals surface area contributed by atoms with Gasteiger partial charge in [0.15, 0.2) is 0 Å². The van der Waals surface area contributed by atoms with Gasteiger partial charge >= 0.3 is 0 Å². The number of tetrazole rings is 1. The Kier molecular flexibility index (Phi) is 7.99. The summed E-state index contributed by atoms with van der Waals surface area (Å²) in [7, 11) is 1.83. The molecule has 1 heterocycles. The first-order valence-corrected chi connectivity index (χ1v) is 5.32. The van der Waals surface area contributed by atoms with Crippen LogP contribution in [0, 0.1) is 0 Å². The molecular weight excluding hydrogens is 214 g/mol. The van der Waals surface area contributed by atoms with Gasteiger partial charge in [-0.15, -0.1) is 12.4 Å². The molecule has 0 aliphatic heterocycles. The van der Waals surface area contributed by atoms with Crippen LogP contribution >= 0.6 is 12.4 Å². The molecule has 0 unspecified atom stereocenters. The smallest absolute Gasteiger partial charge is 0.242 e. The number of aryl methyl sites for hydroxylation is 1. The first-order valence-electron chi connectivity index (χ1n) is 5.32. The monoisotopic (exact) mass is 233 g/mol. The van der Waals surface area contributed by atoms with Crippen LogP contribution in [0.25, 0.3) is 0 Å². The third-order valence-corrected chi connectivity index (χ3v) is 2.23. The van der Waals surface area contributed by atoms with Crippen LogP contribution in [0.5, 0.6) is 0 Å². The predicted molar refractivity (Wildman–Crippen MR) is 63.4 cm³/mol. The summed E-state index contributed by atoms with van der Waals surface area (Å²) in [6, 6.07) is 0. The van der Waals surface area contributed by atoms with Crippen molar-refractivity contribution in [1.82, 2.24) is 20.2 Å². The number of halogens is 1. The molecule has 5 nitrogen and oxygen atoms in total. The van der Waals surface area contributed by atoms with E-state index in [1.807, 2.05) is 11.7 Å². The van der Waals surface area contributed by atoms with Crippen molar-refractivity contribution >= 4 is 18.4 Å². The highest BCUT2D eigenvalue weighted by atomic mass is 35.5. The lowest BCUT2D eigenvalue weighted by molar-refractivity contribution is 0.525. The van der Waals surface area contributed by atoms with Crippen molar-refractivity contribution in [2.45, 2.75) is 45.6 Å². The molecular formula is C9H20ClN5. The van der Waals surface area contributed by atoms with Crippen molar-refractivity contribution in [3.8, 4) is 0 Å². The molecule has 0 fully saturated rings. The molecule has 0 aliphatic carbocycles. The number of nitrogens with one attached hydrogen (secondary N) is 1. The van der Waals surface area contributed by atoms with Gasteiger partial charge in [-0.25, -0.2) is 4.68 Å². The SMILES string of the molecule is CCCCCCCn1nnnc1NC.Cl. The lowest BCUT2D eigenvalue weighted by Gasteiger charge is -2.02. The third-order valence-electron chi connectivity index (χ3n) is 2.23. The van der Waals surface area contributed by atoms with Crippen molar-refractivity contribution < 1.29 is 0 Å². The Hall–Kier alpha value is -0.840. The molecule has 1 N–H and O–H groups in total. The molecule has 1 rings (SSSR count). The Balaban J connectivity index is 0.00000196. The van der Waals surface area contributed by atoms with Gasteiger partial charge in [-0.2, -0.15) is 0 Å². The second-order valence-electron chi connectivity index (χ2n) is 3.39. The zero-order valence-corrected chi connectivity index (χ0v) is 10.3. The van der Waals surface area contributed by atoms with Crippen LogP contribution in [0.1, 0.15) is 39.0 Å². The molecule has 0 amide bonds. The summed E-state index contributed by atoms with van der Waals surface area (Å²) in [5, 5.41) is 14.3. The summed E-state index contributed by atoms with van der Waals surface area (Å²) in [6.45, 7) is 3.13. The van der Waals surface area contributed by atoms with E-state index in [1.54, 1.807) is 0 Å². The van der Waals surface area contributed by atoms with Crippen LogP contribution in [0.15, 0.2) is 0 Å². The van der Waals surface area contributed by atoms with E-state index in [-0.39, 0.29) is 12.4 Å². The maximum absolute atomic E-state index is 3.90. The Morgan fingerprint density at radius 1 is 1.20 bits per heavy atom. The second kappa shape index (κ2) is 8.47. The molecule has 1 aromatic heterocycles. The minimum absolute atomic E-state index is 0. The highest BCUT2D eigenvalue weighted by Gasteiger charge is 2.01. The van der Waals surface area contributed by atoms with Crippen LogP contribution in [0.2, 0.25) is 0 Å². The number of nitrogens with zero attached hydrogens (tertiary/aromatic N) is 4. The lowest BCUT2D eigenvalue weighted by atomic mass is 10.1. The largest absolute Gasteiger partial charge is 0.356 e. The molecule has 0 aliphatic rings. The number of unbranched alkanes of at least 4 members (excludes halogenated alkanes) is 4. The van der Waals surface area contributed by atoms with Crippen molar-refractivity contribution in [2.75, 3.05) is 12.4 Å². The average Bonchev–Trinajstić information content (AvgIpc) is 2.65. The Morgan fingerprint density at radius 2 is 1.93 bits per heavy atom. The maximum Gasteiger partial charge on any atom is 0.242 e. The Labute approximate surface area is 97.0 Å². The van der Waals surface area contributed by atoms with E-state index >= 15 is 0 Å². The van der Waals surface area contributed by atoms with Gasteiger partial charge in [0, 0.05) is 13.6 Å². The molecule has 0 radical (unpaired) electrons.